The minimum atomic E-state index is 0.0583. The van der Waals surface area contributed by atoms with Crippen molar-refractivity contribution in [2.75, 3.05) is 6.26 Å². The molecule has 4 aromatic carbocycles. The first kappa shape index (κ1) is 17.0. The van der Waals surface area contributed by atoms with Gasteiger partial charge in [0.25, 0.3) is 0 Å². The van der Waals surface area contributed by atoms with Crippen LogP contribution in [0, 0.1) is 0 Å². The second-order valence-corrected chi connectivity index (χ2v) is 9.98. The van der Waals surface area contributed by atoms with Crippen molar-refractivity contribution in [3.05, 3.63) is 96.1 Å². The summed E-state index contributed by atoms with van der Waals surface area (Å²) in [6, 6.07) is 31.1. The summed E-state index contributed by atoms with van der Waals surface area (Å²) in [6.45, 7) is 0. The van der Waals surface area contributed by atoms with E-state index in [1.807, 2.05) is 11.8 Å². The molecule has 0 saturated carbocycles. The van der Waals surface area contributed by atoms with Gasteiger partial charge in [-0.15, -0.1) is 0 Å². The van der Waals surface area contributed by atoms with Gasteiger partial charge in [0.15, 0.2) is 9.79 Å². The molecule has 0 aromatic heterocycles. The van der Waals surface area contributed by atoms with Crippen LogP contribution in [0.3, 0.4) is 0 Å². The summed E-state index contributed by atoms with van der Waals surface area (Å²) in [5, 5.41) is 3.00. The molecule has 5 rings (SSSR count). The lowest BCUT2D eigenvalue weighted by atomic mass is 10.1. The van der Waals surface area contributed by atoms with Crippen LogP contribution in [-0.2, 0) is 23.7 Å². The summed E-state index contributed by atoms with van der Waals surface area (Å²) in [6.07, 6.45) is 4.72. The molecule has 0 bridgehead atoms. The molecular weight excluding hydrogens is 364 g/mol. The maximum atomic E-state index is 2.39. The summed E-state index contributed by atoms with van der Waals surface area (Å²) in [7, 11) is 0.0583. The van der Waals surface area contributed by atoms with E-state index in [1.165, 1.54) is 54.3 Å². The number of aryl methyl sites for hydroxylation is 2. The van der Waals surface area contributed by atoms with Gasteiger partial charge in [0.1, 0.15) is 6.26 Å². The molecule has 0 saturated heterocycles. The first-order valence-corrected chi connectivity index (χ1v) is 11.8. The molecule has 0 amide bonds. The highest BCUT2D eigenvalue weighted by Gasteiger charge is 2.27. The van der Waals surface area contributed by atoms with Gasteiger partial charge in [-0.1, -0.05) is 60.3 Å². The van der Waals surface area contributed by atoms with E-state index in [9.17, 15) is 0 Å². The van der Waals surface area contributed by atoms with Crippen molar-refractivity contribution in [3.63, 3.8) is 0 Å². The van der Waals surface area contributed by atoms with Crippen molar-refractivity contribution < 1.29 is 0 Å². The van der Waals surface area contributed by atoms with E-state index < -0.39 is 0 Å². The molecule has 1 aliphatic carbocycles. The van der Waals surface area contributed by atoms with E-state index in [2.05, 4.69) is 91.2 Å². The summed E-state index contributed by atoms with van der Waals surface area (Å²) in [5.41, 5.74) is 3.04. The van der Waals surface area contributed by atoms with E-state index >= 15 is 0 Å². The largest absolute Gasteiger partial charge is 0.169 e. The van der Waals surface area contributed by atoms with Gasteiger partial charge in [0.2, 0.25) is 0 Å². The van der Waals surface area contributed by atoms with Crippen molar-refractivity contribution in [2.45, 2.75) is 32.4 Å². The molecule has 1 unspecified atom stereocenters. The first-order valence-electron chi connectivity index (χ1n) is 9.32. The lowest BCUT2D eigenvalue weighted by molar-refractivity contribution is 1.02. The van der Waals surface area contributed by atoms with Gasteiger partial charge in [0.05, 0.1) is 16.3 Å². The summed E-state index contributed by atoms with van der Waals surface area (Å²) >= 11 is 1.89. The number of hydrogen-bond donors (Lipinski definition) is 0. The fraction of sp³-hybridized carbons (Fsp3) is 0.120. The van der Waals surface area contributed by atoms with Crippen LogP contribution in [0.5, 0.6) is 0 Å². The minimum absolute atomic E-state index is 0.0583. The topological polar surface area (TPSA) is 0 Å². The smallest absolute Gasteiger partial charge is 0.0893 e. The third kappa shape index (κ3) is 3.07. The maximum Gasteiger partial charge on any atom is 0.169 e. The van der Waals surface area contributed by atoms with E-state index in [0.29, 0.717) is 0 Å². The zero-order valence-corrected chi connectivity index (χ0v) is 16.9. The van der Waals surface area contributed by atoms with E-state index in [1.54, 1.807) is 0 Å². The van der Waals surface area contributed by atoms with Crippen LogP contribution in [0.4, 0.5) is 0 Å². The summed E-state index contributed by atoms with van der Waals surface area (Å²) in [4.78, 5) is 5.57. The minimum Gasteiger partial charge on any atom is -0.0893 e. The van der Waals surface area contributed by atoms with Crippen molar-refractivity contribution >= 4 is 33.4 Å². The average Bonchev–Trinajstić information content (AvgIpc) is 3.15. The second kappa shape index (κ2) is 7.10. The van der Waals surface area contributed by atoms with Crippen molar-refractivity contribution in [3.8, 4) is 0 Å². The van der Waals surface area contributed by atoms with E-state index in [4.69, 9.17) is 0 Å². The molecule has 0 radical (unpaired) electrons. The predicted molar refractivity (Wildman–Crippen MR) is 118 cm³/mol. The molecule has 0 aliphatic heterocycles. The average molecular weight is 386 g/mol. The van der Waals surface area contributed by atoms with Gasteiger partial charge in [-0.25, -0.2) is 0 Å². The fourth-order valence-corrected chi connectivity index (χ4v) is 6.65. The molecule has 132 valence electrons. The predicted octanol–water partition coefficient (Wildman–Crippen LogP) is 6.76. The molecule has 2 heteroatoms. The molecule has 1 aliphatic rings. The maximum absolute atomic E-state index is 2.39. The van der Waals surface area contributed by atoms with Gasteiger partial charge in [-0.05, 0) is 65.8 Å². The molecule has 0 spiro atoms. The lowest BCUT2D eigenvalue weighted by Gasteiger charge is -2.13. The van der Waals surface area contributed by atoms with Gasteiger partial charge in [0, 0.05) is 9.79 Å². The zero-order chi connectivity index (χ0) is 18.2. The Kier molecular flexibility index (Phi) is 4.47. The van der Waals surface area contributed by atoms with E-state index in [0.717, 1.165) is 0 Å². The molecule has 4 aromatic rings. The molecule has 27 heavy (non-hydrogen) atoms. The van der Waals surface area contributed by atoms with Crippen LogP contribution >= 0.6 is 11.8 Å². The fourth-order valence-electron chi connectivity index (χ4n) is 3.97. The Bertz CT molecular complexity index is 1090. The zero-order valence-electron chi connectivity index (χ0n) is 15.3. The molecular formula is C25H21S2+. The Morgan fingerprint density at radius 2 is 1.30 bits per heavy atom. The summed E-state index contributed by atoms with van der Waals surface area (Å²) in [5.74, 6) is 0. The van der Waals surface area contributed by atoms with Crippen LogP contribution in [0.25, 0.3) is 10.8 Å². The third-order valence-electron chi connectivity index (χ3n) is 5.32. The SMILES string of the molecule is C[S+](c1ccccc1)c1ccc2c3c(ccc(Sc4ccccc4)c13)CC2. The molecule has 0 fully saturated rings. The Labute approximate surface area is 168 Å². The molecule has 1 atom stereocenters. The second-order valence-electron chi connectivity index (χ2n) is 6.93. The quantitative estimate of drug-likeness (QED) is 0.350. The van der Waals surface area contributed by atoms with Crippen LogP contribution in [0.1, 0.15) is 11.1 Å². The highest BCUT2D eigenvalue weighted by Crippen LogP contribution is 2.43. The van der Waals surface area contributed by atoms with E-state index in [-0.39, 0.29) is 10.9 Å². The van der Waals surface area contributed by atoms with Crippen molar-refractivity contribution in [1.82, 2.24) is 0 Å². The Morgan fingerprint density at radius 3 is 2.00 bits per heavy atom. The highest BCUT2D eigenvalue weighted by molar-refractivity contribution is 7.99. The first-order chi connectivity index (χ1) is 13.3. The normalized spacial score (nSPS) is 13.8. The third-order valence-corrected chi connectivity index (χ3v) is 8.37. The standard InChI is InChI=1S/C25H21S2/c1-27(21-10-6-3-7-11-21)23-17-15-19-13-12-18-14-16-22(25(23)24(18)19)26-20-8-4-2-5-9-20/h2-11,14-17H,12-13H2,1H3/q+1. The van der Waals surface area contributed by atoms with Gasteiger partial charge < -0.3 is 0 Å². The number of hydrogen-bond acceptors (Lipinski definition) is 1. The van der Waals surface area contributed by atoms with Gasteiger partial charge in [-0.2, -0.15) is 0 Å². The Hall–Kier alpha value is -2.16. The Morgan fingerprint density at radius 1 is 0.667 bits per heavy atom. The highest BCUT2D eigenvalue weighted by atomic mass is 32.2. The molecule has 0 heterocycles. The lowest BCUT2D eigenvalue weighted by Crippen LogP contribution is -2.02. The van der Waals surface area contributed by atoms with Gasteiger partial charge >= 0.3 is 0 Å². The van der Waals surface area contributed by atoms with Crippen molar-refractivity contribution in [1.29, 1.82) is 0 Å². The van der Waals surface area contributed by atoms with Crippen LogP contribution in [-0.4, -0.2) is 6.26 Å². The number of rotatable bonds is 4. The van der Waals surface area contributed by atoms with Crippen molar-refractivity contribution in [2.24, 2.45) is 0 Å². The molecule has 0 nitrogen and oxygen atoms in total. The Balaban J connectivity index is 1.72. The van der Waals surface area contributed by atoms with Crippen LogP contribution in [0.2, 0.25) is 0 Å². The van der Waals surface area contributed by atoms with Crippen LogP contribution in [0.15, 0.2) is 105 Å². The molecule has 0 N–H and O–H groups in total. The van der Waals surface area contributed by atoms with Crippen LogP contribution < -0.4 is 0 Å². The monoisotopic (exact) mass is 385 g/mol. The summed E-state index contributed by atoms with van der Waals surface area (Å²) < 4.78 is 0. The number of benzene rings is 4. The van der Waals surface area contributed by atoms with Gasteiger partial charge in [-0.3, -0.25) is 0 Å².